The minimum Gasteiger partial charge on any atom is -0.481 e. The molecule has 15 heavy (non-hydrogen) atoms. The summed E-state index contributed by atoms with van der Waals surface area (Å²) in [4.78, 5) is 21.0. The Kier molecular flexibility index (Phi) is 7.27. The Hall–Kier alpha value is -1.36. The second-order valence-corrected chi connectivity index (χ2v) is 3.13. The van der Waals surface area contributed by atoms with Crippen molar-refractivity contribution in [1.82, 2.24) is 5.32 Å². The smallest absolute Gasteiger partial charge is 0.305 e. The monoisotopic (exact) mass is 215 g/mol. The van der Waals surface area contributed by atoms with Crippen molar-refractivity contribution < 1.29 is 19.4 Å². The van der Waals surface area contributed by atoms with Gasteiger partial charge in [0, 0.05) is 6.92 Å². The van der Waals surface area contributed by atoms with Crippen LogP contribution in [0, 0.1) is 0 Å². The summed E-state index contributed by atoms with van der Waals surface area (Å²) < 4.78 is 4.74. The van der Waals surface area contributed by atoms with E-state index in [4.69, 9.17) is 9.84 Å². The Morgan fingerprint density at radius 2 is 2.27 bits per heavy atom. The van der Waals surface area contributed by atoms with Gasteiger partial charge in [-0.25, -0.2) is 0 Å². The van der Waals surface area contributed by atoms with Crippen LogP contribution in [-0.4, -0.2) is 36.2 Å². The Morgan fingerprint density at radius 1 is 1.60 bits per heavy atom. The molecule has 86 valence electrons. The van der Waals surface area contributed by atoms with Gasteiger partial charge in [0.25, 0.3) is 0 Å². The molecule has 2 N–H and O–H groups in total. The SMILES string of the molecule is C=CCCNC(COC(C)=O)CC(=O)O. The average Bonchev–Trinajstić information content (AvgIpc) is 2.13. The summed E-state index contributed by atoms with van der Waals surface area (Å²) in [5.74, 6) is -1.32. The number of carboxylic acids is 1. The maximum Gasteiger partial charge on any atom is 0.305 e. The Labute approximate surface area is 89.1 Å². The minimum absolute atomic E-state index is 0.0651. The summed E-state index contributed by atoms with van der Waals surface area (Å²) in [6.07, 6.45) is 2.41. The number of ether oxygens (including phenoxy) is 1. The lowest BCUT2D eigenvalue weighted by molar-refractivity contribution is -0.144. The molecule has 1 atom stereocenters. The van der Waals surface area contributed by atoms with Gasteiger partial charge < -0.3 is 15.2 Å². The number of carboxylic acid groups (broad SMARTS) is 1. The van der Waals surface area contributed by atoms with Gasteiger partial charge in [-0.05, 0) is 13.0 Å². The summed E-state index contributed by atoms with van der Waals surface area (Å²) in [5.41, 5.74) is 0. The van der Waals surface area contributed by atoms with E-state index in [1.165, 1.54) is 6.92 Å². The molecular formula is C10H17NO4. The fraction of sp³-hybridized carbons (Fsp3) is 0.600. The van der Waals surface area contributed by atoms with Crippen molar-refractivity contribution >= 4 is 11.9 Å². The summed E-state index contributed by atoms with van der Waals surface area (Å²) in [7, 11) is 0. The highest BCUT2D eigenvalue weighted by Crippen LogP contribution is 1.95. The van der Waals surface area contributed by atoms with Crippen LogP contribution < -0.4 is 5.32 Å². The Bertz CT molecular complexity index is 227. The molecule has 0 saturated heterocycles. The lowest BCUT2D eigenvalue weighted by Gasteiger charge is -2.15. The van der Waals surface area contributed by atoms with Crippen molar-refractivity contribution in [2.45, 2.75) is 25.8 Å². The molecule has 0 aromatic rings. The average molecular weight is 215 g/mol. The molecule has 0 spiro atoms. The number of esters is 1. The fourth-order valence-corrected chi connectivity index (χ4v) is 1.01. The van der Waals surface area contributed by atoms with Crippen LogP contribution >= 0.6 is 0 Å². The van der Waals surface area contributed by atoms with E-state index in [1.807, 2.05) is 0 Å². The lowest BCUT2D eigenvalue weighted by atomic mass is 10.2. The second-order valence-electron chi connectivity index (χ2n) is 3.13. The van der Waals surface area contributed by atoms with Crippen LogP contribution in [0.15, 0.2) is 12.7 Å². The van der Waals surface area contributed by atoms with Gasteiger partial charge in [0.2, 0.25) is 0 Å². The third kappa shape index (κ3) is 8.96. The van der Waals surface area contributed by atoms with Crippen molar-refractivity contribution in [2.24, 2.45) is 0 Å². The molecule has 0 aromatic carbocycles. The molecule has 0 heterocycles. The van der Waals surface area contributed by atoms with Gasteiger partial charge in [0.15, 0.2) is 0 Å². The first-order chi connectivity index (χ1) is 7.06. The molecule has 5 heteroatoms. The van der Waals surface area contributed by atoms with Crippen LogP contribution in [0.25, 0.3) is 0 Å². The Balaban J connectivity index is 3.88. The molecule has 0 saturated carbocycles. The van der Waals surface area contributed by atoms with Crippen LogP contribution in [0.1, 0.15) is 19.8 Å². The van der Waals surface area contributed by atoms with E-state index in [-0.39, 0.29) is 19.1 Å². The first-order valence-corrected chi connectivity index (χ1v) is 4.75. The van der Waals surface area contributed by atoms with E-state index in [2.05, 4.69) is 11.9 Å². The zero-order valence-electron chi connectivity index (χ0n) is 8.86. The molecule has 0 rings (SSSR count). The van der Waals surface area contributed by atoms with Crippen molar-refractivity contribution in [2.75, 3.05) is 13.2 Å². The maximum atomic E-state index is 10.6. The summed E-state index contributed by atoms with van der Waals surface area (Å²) in [6, 6.07) is -0.341. The van der Waals surface area contributed by atoms with E-state index < -0.39 is 11.9 Å². The highest BCUT2D eigenvalue weighted by atomic mass is 16.5. The molecule has 0 bridgehead atoms. The number of nitrogens with one attached hydrogen (secondary N) is 1. The van der Waals surface area contributed by atoms with Gasteiger partial charge >= 0.3 is 11.9 Å². The summed E-state index contributed by atoms with van der Waals surface area (Å²) in [6.45, 7) is 5.55. The third-order valence-electron chi connectivity index (χ3n) is 1.69. The second kappa shape index (κ2) is 7.99. The van der Waals surface area contributed by atoms with Gasteiger partial charge in [0.05, 0.1) is 12.5 Å². The highest BCUT2D eigenvalue weighted by molar-refractivity contribution is 5.68. The molecule has 0 aliphatic carbocycles. The maximum absolute atomic E-state index is 10.6. The van der Waals surface area contributed by atoms with Crippen LogP contribution in [0.3, 0.4) is 0 Å². The van der Waals surface area contributed by atoms with Crippen LogP contribution in [0.4, 0.5) is 0 Å². The molecule has 0 aliphatic heterocycles. The first kappa shape index (κ1) is 13.6. The Morgan fingerprint density at radius 3 is 2.73 bits per heavy atom. The standard InChI is InChI=1S/C10H17NO4/c1-3-4-5-11-9(6-10(13)14)7-15-8(2)12/h3,9,11H,1,4-7H2,2H3,(H,13,14). The zero-order chi connectivity index (χ0) is 11.7. The molecule has 0 fully saturated rings. The topological polar surface area (TPSA) is 75.6 Å². The zero-order valence-corrected chi connectivity index (χ0v) is 8.86. The fourth-order valence-electron chi connectivity index (χ4n) is 1.01. The number of aliphatic carboxylic acids is 1. The van der Waals surface area contributed by atoms with E-state index in [0.29, 0.717) is 6.54 Å². The summed E-state index contributed by atoms with van der Waals surface area (Å²) >= 11 is 0. The number of hydrogen-bond acceptors (Lipinski definition) is 4. The number of hydrogen-bond donors (Lipinski definition) is 2. The number of carbonyl (C=O) groups excluding carboxylic acids is 1. The van der Waals surface area contributed by atoms with Crippen LogP contribution in [-0.2, 0) is 14.3 Å². The number of carbonyl (C=O) groups is 2. The van der Waals surface area contributed by atoms with Crippen molar-refractivity contribution in [3.8, 4) is 0 Å². The summed E-state index contributed by atoms with van der Waals surface area (Å²) in [5, 5.41) is 11.6. The van der Waals surface area contributed by atoms with Gasteiger partial charge in [0.1, 0.15) is 6.61 Å². The molecule has 1 unspecified atom stereocenters. The quantitative estimate of drug-likeness (QED) is 0.351. The first-order valence-electron chi connectivity index (χ1n) is 4.75. The third-order valence-corrected chi connectivity index (χ3v) is 1.69. The minimum atomic E-state index is -0.918. The molecular weight excluding hydrogens is 198 g/mol. The normalized spacial score (nSPS) is 11.8. The predicted octanol–water partition coefficient (Wildman–Crippen LogP) is 0.558. The largest absolute Gasteiger partial charge is 0.481 e. The molecule has 0 aromatic heterocycles. The molecule has 0 radical (unpaired) electrons. The predicted molar refractivity (Wildman–Crippen MR) is 55.5 cm³/mol. The van der Waals surface area contributed by atoms with Crippen LogP contribution in [0.2, 0.25) is 0 Å². The van der Waals surface area contributed by atoms with Gasteiger partial charge in [-0.1, -0.05) is 6.08 Å². The van der Waals surface area contributed by atoms with E-state index >= 15 is 0 Å². The van der Waals surface area contributed by atoms with E-state index in [9.17, 15) is 9.59 Å². The van der Waals surface area contributed by atoms with Gasteiger partial charge in [-0.2, -0.15) is 0 Å². The molecule has 0 amide bonds. The highest BCUT2D eigenvalue weighted by Gasteiger charge is 2.13. The van der Waals surface area contributed by atoms with Gasteiger partial charge in [-0.3, -0.25) is 9.59 Å². The van der Waals surface area contributed by atoms with Crippen molar-refractivity contribution in [3.05, 3.63) is 12.7 Å². The lowest BCUT2D eigenvalue weighted by Crippen LogP contribution is -2.36. The molecule has 5 nitrogen and oxygen atoms in total. The van der Waals surface area contributed by atoms with Crippen LogP contribution in [0.5, 0.6) is 0 Å². The number of rotatable bonds is 8. The van der Waals surface area contributed by atoms with Gasteiger partial charge in [-0.15, -0.1) is 6.58 Å². The van der Waals surface area contributed by atoms with Crippen molar-refractivity contribution in [1.29, 1.82) is 0 Å². The van der Waals surface area contributed by atoms with Crippen molar-refractivity contribution in [3.63, 3.8) is 0 Å². The van der Waals surface area contributed by atoms with E-state index in [1.54, 1.807) is 6.08 Å². The van der Waals surface area contributed by atoms with E-state index in [0.717, 1.165) is 6.42 Å². The molecule has 0 aliphatic rings.